The smallest absolute Gasteiger partial charge is 0.354 e. The second-order valence-corrected chi connectivity index (χ2v) is 6.74. The fraction of sp³-hybridized carbons (Fsp3) is 0.267. The molecule has 1 N–H and O–H groups in total. The van der Waals surface area contributed by atoms with Gasteiger partial charge in [-0.3, -0.25) is 0 Å². The Kier molecular flexibility index (Phi) is 4.68. The van der Waals surface area contributed by atoms with Crippen LogP contribution in [0, 0.1) is 6.92 Å². The van der Waals surface area contributed by atoms with Gasteiger partial charge in [-0.05, 0) is 18.6 Å². The van der Waals surface area contributed by atoms with Gasteiger partial charge in [-0.15, -0.1) is 0 Å². The second kappa shape index (κ2) is 6.33. The standard InChI is InChI=1S/C15H18N2O4S/c1-11-4-6-12(7-5-11)9-16-22(19,20)13-8-14(15(18)21-3)17(2)10-13/h4-8,10,16H,9H2,1-3H3. The predicted molar refractivity (Wildman–Crippen MR) is 82.0 cm³/mol. The van der Waals surface area contributed by atoms with Crippen molar-refractivity contribution in [3.8, 4) is 0 Å². The minimum absolute atomic E-state index is 0.0301. The Morgan fingerprint density at radius 2 is 1.91 bits per heavy atom. The minimum Gasteiger partial charge on any atom is -0.464 e. The van der Waals surface area contributed by atoms with Crippen molar-refractivity contribution >= 4 is 16.0 Å². The van der Waals surface area contributed by atoms with Crippen LogP contribution in [0.15, 0.2) is 41.4 Å². The minimum atomic E-state index is -3.69. The summed E-state index contributed by atoms with van der Waals surface area (Å²) in [4.78, 5) is 11.6. The maximum atomic E-state index is 12.3. The van der Waals surface area contributed by atoms with Crippen molar-refractivity contribution < 1.29 is 17.9 Å². The summed E-state index contributed by atoms with van der Waals surface area (Å²) >= 11 is 0. The van der Waals surface area contributed by atoms with Crippen LogP contribution in [-0.2, 0) is 28.4 Å². The van der Waals surface area contributed by atoms with Crippen LogP contribution in [0.4, 0.5) is 0 Å². The Morgan fingerprint density at radius 3 is 2.50 bits per heavy atom. The monoisotopic (exact) mass is 322 g/mol. The quantitative estimate of drug-likeness (QED) is 0.848. The number of benzene rings is 1. The number of aryl methyl sites for hydroxylation is 2. The molecule has 0 unspecified atom stereocenters. The van der Waals surface area contributed by atoms with Gasteiger partial charge in [0, 0.05) is 19.8 Å². The molecular weight excluding hydrogens is 304 g/mol. The van der Waals surface area contributed by atoms with Crippen LogP contribution in [0.2, 0.25) is 0 Å². The van der Waals surface area contributed by atoms with E-state index < -0.39 is 16.0 Å². The van der Waals surface area contributed by atoms with Crippen molar-refractivity contribution in [2.24, 2.45) is 7.05 Å². The van der Waals surface area contributed by atoms with Crippen molar-refractivity contribution in [1.82, 2.24) is 9.29 Å². The molecule has 2 aromatic rings. The predicted octanol–water partition coefficient (Wildman–Crippen LogP) is 1.60. The third kappa shape index (κ3) is 3.55. The molecule has 0 saturated heterocycles. The zero-order valence-electron chi connectivity index (χ0n) is 12.7. The van der Waals surface area contributed by atoms with Crippen LogP contribution < -0.4 is 4.72 Å². The van der Waals surface area contributed by atoms with Gasteiger partial charge in [0.1, 0.15) is 10.6 Å². The number of nitrogens with one attached hydrogen (secondary N) is 1. The van der Waals surface area contributed by atoms with Gasteiger partial charge in [-0.2, -0.15) is 0 Å². The van der Waals surface area contributed by atoms with E-state index in [0.717, 1.165) is 11.1 Å². The molecule has 0 bridgehead atoms. The third-order valence-corrected chi connectivity index (χ3v) is 4.64. The van der Waals surface area contributed by atoms with Crippen LogP contribution in [0.3, 0.4) is 0 Å². The molecule has 6 nitrogen and oxygen atoms in total. The Balaban J connectivity index is 2.16. The van der Waals surface area contributed by atoms with E-state index in [2.05, 4.69) is 9.46 Å². The lowest BCUT2D eigenvalue weighted by Crippen LogP contribution is -2.22. The number of carbonyl (C=O) groups excluding carboxylic acids is 1. The van der Waals surface area contributed by atoms with Gasteiger partial charge in [-0.25, -0.2) is 17.9 Å². The molecule has 0 fully saturated rings. The molecule has 118 valence electrons. The molecule has 0 radical (unpaired) electrons. The van der Waals surface area contributed by atoms with Gasteiger partial charge in [0.15, 0.2) is 0 Å². The van der Waals surface area contributed by atoms with Crippen molar-refractivity contribution in [3.05, 3.63) is 53.3 Å². The highest BCUT2D eigenvalue weighted by atomic mass is 32.2. The van der Waals surface area contributed by atoms with Gasteiger partial charge in [0.2, 0.25) is 10.0 Å². The van der Waals surface area contributed by atoms with Crippen LogP contribution >= 0.6 is 0 Å². The molecule has 7 heteroatoms. The first-order chi connectivity index (χ1) is 10.3. The van der Waals surface area contributed by atoms with Crippen LogP contribution in [0.5, 0.6) is 0 Å². The number of sulfonamides is 1. The summed E-state index contributed by atoms with van der Waals surface area (Å²) in [6.45, 7) is 2.15. The molecule has 22 heavy (non-hydrogen) atoms. The molecular formula is C15H18N2O4S. The molecule has 0 aliphatic heterocycles. The van der Waals surface area contributed by atoms with E-state index >= 15 is 0 Å². The maximum absolute atomic E-state index is 12.3. The highest BCUT2D eigenvalue weighted by molar-refractivity contribution is 7.89. The number of hydrogen-bond acceptors (Lipinski definition) is 4. The van der Waals surface area contributed by atoms with E-state index in [1.807, 2.05) is 31.2 Å². The summed E-state index contributed by atoms with van der Waals surface area (Å²) in [5.41, 5.74) is 2.15. The number of aromatic nitrogens is 1. The Hall–Kier alpha value is -2.12. The lowest BCUT2D eigenvalue weighted by atomic mass is 10.2. The fourth-order valence-electron chi connectivity index (χ4n) is 1.96. The summed E-state index contributed by atoms with van der Waals surface area (Å²) < 4.78 is 33.1. The largest absolute Gasteiger partial charge is 0.464 e. The number of ether oxygens (including phenoxy) is 1. The first-order valence-corrected chi connectivity index (χ1v) is 8.11. The summed E-state index contributed by atoms with van der Waals surface area (Å²) in [6, 6.07) is 8.86. The summed E-state index contributed by atoms with van der Waals surface area (Å²) in [7, 11) is -0.853. The summed E-state index contributed by atoms with van der Waals surface area (Å²) in [5, 5.41) is 0. The van der Waals surface area contributed by atoms with E-state index in [9.17, 15) is 13.2 Å². The Morgan fingerprint density at radius 1 is 1.27 bits per heavy atom. The zero-order chi connectivity index (χ0) is 16.3. The highest BCUT2D eigenvalue weighted by Gasteiger charge is 2.20. The Bertz CT molecular complexity index is 776. The number of carbonyl (C=O) groups is 1. The Labute approximate surface area is 129 Å². The number of methoxy groups -OCH3 is 1. The molecule has 0 saturated carbocycles. The molecule has 0 spiro atoms. The topological polar surface area (TPSA) is 77.4 Å². The second-order valence-electron chi connectivity index (χ2n) is 4.97. The SMILES string of the molecule is COC(=O)c1cc(S(=O)(=O)NCc2ccc(C)cc2)cn1C. The number of esters is 1. The van der Waals surface area contributed by atoms with Crippen molar-refractivity contribution in [3.63, 3.8) is 0 Å². The molecule has 1 aromatic carbocycles. The van der Waals surface area contributed by atoms with Gasteiger partial charge < -0.3 is 9.30 Å². The lowest BCUT2D eigenvalue weighted by Gasteiger charge is -2.05. The van der Waals surface area contributed by atoms with E-state index in [1.165, 1.54) is 23.9 Å². The van der Waals surface area contributed by atoms with Crippen LogP contribution in [0.25, 0.3) is 0 Å². The first kappa shape index (κ1) is 16.3. The molecule has 2 rings (SSSR count). The van der Waals surface area contributed by atoms with Gasteiger partial charge in [0.25, 0.3) is 0 Å². The molecule has 1 aromatic heterocycles. The summed E-state index contributed by atoms with van der Waals surface area (Å²) in [5.74, 6) is -0.581. The van der Waals surface area contributed by atoms with Gasteiger partial charge in [-0.1, -0.05) is 29.8 Å². The van der Waals surface area contributed by atoms with Gasteiger partial charge in [0.05, 0.1) is 7.11 Å². The summed E-state index contributed by atoms with van der Waals surface area (Å²) in [6.07, 6.45) is 1.38. The third-order valence-electron chi connectivity index (χ3n) is 3.27. The van der Waals surface area contributed by atoms with E-state index in [0.29, 0.717) is 0 Å². The van der Waals surface area contributed by atoms with Crippen molar-refractivity contribution in [2.45, 2.75) is 18.4 Å². The zero-order valence-corrected chi connectivity index (χ0v) is 13.5. The van der Waals surface area contributed by atoms with Gasteiger partial charge >= 0.3 is 5.97 Å². The normalized spacial score (nSPS) is 11.4. The van der Waals surface area contributed by atoms with Crippen LogP contribution in [-0.4, -0.2) is 26.1 Å². The maximum Gasteiger partial charge on any atom is 0.354 e. The molecule has 0 amide bonds. The molecule has 0 atom stereocenters. The number of nitrogens with zero attached hydrogens (tertiary/aromatic N) is 1. The van der Waals surface area contributed by atoms with E-state index in [-0.39, 0.29) is 17.1 Å². The molecule has 1 heterocycles. The van der Waals surface area contributed by atoms with Crippen LogP contribution in [0.1, 0.15) is 21.6 Å². The highest BCUT2D eigenvalue weighted by Crippen LogP contribution is 2.15. The fourth-order valence-corrected chi connectivity index (χ4v) is 3.04. The molecule has 0 aliphatic rings. The number of hydrogen-bond donors (Lipinski definition) is 1. The lowest BCUT2D eigenvalue weighted by molar-refractivity contribution is 0.0590. The average molecular weight is 322 g/mol. The first-order valence-electron chi connectivity index (χ1n) is 6.63. The van der Waals surface area contributed by atoms with Crippen molar-refractivity contribution in [2.75, 3.05) is 7.11 Å². The van der Waals surface area contributed by atoms with Crippen molar-refractivity contribution in [1.29, 1.82) is 0 Å². The molecule has 0 aliphatic carbocycles. The average Bonchev–Trinajstić information content (AvgIpc) is 2.89. The van der Waals surface area contributed by atoms with E-state index in [4.69, 9.17) is 0 Å². The number of rotatable bonds is 5. The van der Waals surface area contributed by atoms with E-state index in [1.54, 1.807) is 7.05 Å².